The third-order valence-electron chi connectivity index (χ3n) is 4.47. The fourth-order valence-corrected chi connectivity index (χ4v) is 3.26. The molecule has 0 fully saturated rings. The summed E-state index contributed by atoms with van der Waals surface area (Å²) in [6.45, 7) is 13.8. The Labute approximate surface area is 198 Å². The largest absolute Gasteiger partial charge is 0.508 e. The lowest BCUT2D eigenvalue weighted by molar-refractivity contribution is -0.145. The maximum atomic E-state index is 12.3. The summed E-state index contributed by atoms with van der Waals surface area (Å²) in [6.07, 6.45) is 1.71. The van der Waals surface area contributed by atoms with Gasteiger partial charge in [0.1, 0.15) is 17.5 Å². The number of nitrogens with one attached hydrogen (secondary N) is 1. The van der Waals surface area contributed by atoms with Crippen LogP contribution >= 0.6 is 12.2 Å². The molecule has 0 aliphatic carbocycles. The number of phenolic OH excluding ortho intramolecular Hbond substituents is 2. The predicted molar refractivity (Wildman–Crippen MR) is 137 cm³/mol. The Bertz CT molecular complexity index is 811. The van der Waals surface area contributed by atoms with Crippen molar-refractivity contribution in [1.82, 2.24) is 5.32 Å². The van der Waals surface area contributed by atoms with E-state index in [-0.39, 0.29) is 11.7 Å². The molecule has 6 heteroatoms. The second-order valence-electron chi connectivity index (χ2n) is 6.82. The Morgan fingerprint density at radius 3 is 2.03 bits per heavy atom. The fraction of sp³-hybridized carbons (Fsp3) is 0.462. The van der Waals surface area contributed by atoms with Crippen LogP contribution in [0.15, 0.2) is 36.4 Å². The third-order valence-corrected chi connectivity index (χ3v) is 4.80. The summed E-state index contributed by atoms with van der Waals surface area (Å²) in [7, 11) is 0. The Balaban J connectivity index is 0.00000227. The van der Waals surface area contributed by atoms with Gasteiger partial charge in [-0.3, -0.25) is 0 Å². The third kappa shape index (κ3) is 10.1. The molecule has 0 spiro atoms. The van der Waals surface area contributed by atoms with E-state index in [9.17, 15) is 15.0 Å². The van der Waals surface area contributed by atoms with Gasteiger partial charge in [0.05, 0.1) is 11.6 Å². The van der Waals surface area contributed by atoms with Gasteiger partial charge in [0.15, 0.2) is 0 Å². The van der Waals surface area contributed by atoms with Crippen LogP contribution in [0.25, 0.3) is 0 Å². The minimum absolute atomic E-state index is 0.180. The van der Waals surface area contributed by atoms with Gasteiger partial charge in [-0.05, 0) is 61.6 Å². The van der Waals surface area contributed by atoms with Crippen LogP contribution in [0, 0.1) is 13.8 Å². The molecule has 32 heavy (non-hydrogen) atoms. The molecular weight excluding hydrogens is 422 g/mol. The summed E-state index contributed by atoms with van der Waals surface area (Å²) >= 11 is 5.45. The highest BCUT2D eigenvalue weighted by molar-refractivity contribution is 7.80. The van der Waals surface area contributed by atoms with Crippen molar-refractivity contribution in [2.75, 3.05) is 6.61 Å². The van der Waals surface area contributed by atoms with Crippen LogP contribution in [0.1, 0.15) is 63.3 Å². The zero-order valence-electron chi connectivity index (χ0n) is 20.5. The minimum Gasteiger partial charge on any atom is -0.508 e. The number of carbonyl (C=O) groups excluding carboxylic acids is 1. The van der Waals surface area contributed by atoms with Crippen LogP contribution in [-0.4, -0.2) is 33.8 Å². The van der Waals surface area contributed by atoms with Crippen LogP contribution in [0.3, 0.4) is 0 Å². The Kier molecular flexibility index (Phi) is 14.8. The van der Waals surface area contributed by atoms with Crippen molar-refractivity contribution in [3.05, 3.63) is 58.7 Å². The van der Waals surface area contributed by atoms with Crippen LogP contribution in [0.2, 0.25) is 0 Å². The summed E-state index contributed by atoms with van der Waals surface area (Å²) in [5, 5.41) is 22.4. The van der Waals surface area contributed by atoms with E-state index in [1.165, 1.54) is 0 Å². The van der Waals surface area contributed by atoms with Crippen molar-refractivity contribution < 1.29 is 19.7 Å². The van der Waals surface area contributed by atoms with E-state index in [1.54, 1.807) is 31.2 Å². The van der Waals surface area contributed by atoms with Crippen molar-refractivity contribution in [3.8, 4) is 11.5 Å². The lowest BCUT2D eigenvalue weighted by Gasteiger charge is -2.19. The van der Waals surface area contributed by atoms with E-state index in [0.717, 1.165) is 22.3 Å². The number of thiocarbonyl (C=S) groups is 1. The van der Waals surface area contributed by atoms with E-state index in [0.29, 0.717) is 36.6 Å². The molecule has 178 valence electrons. The number of hydrogen-bond donors (Lipinski definition) is 3. The van der Waals surface area contributed by atoms with Gasteiger partial charge in [-0.1, -0.05) is 64.2 Å². The molecule has 0 heterocycles. The first-order valence-electron chi connectivity index (χ1n) is 11.3. The van der Waals surface area contributed by atoms with E-state index in [2.05, 4.69) is 5.32 Å². The molecule has 1 unspecified atom stereocenters. The summed E-state index contributed by atoms with van der Waals surface area (Å²) < 4.78 is 5.17. The van der Waals surface area contributed by atoms with Crippen LogP contribution < -0.4 is 5.32 Å². The predicted octanol–water partition coefficient (Wildman–Crippen LogP) is 5.79. The highest BCUT2D eigenvalue weighted by Gasteiger charge is 2.21. The number of benzene rings is 2. The lowest BCUT2D eigenvalue weighted by Crippen LogP contribution is -2.42. The zero-order valence-corrected chi connectivity index (χ0v) is 21.3. The second-order valence-corrected chi connectivity index (χ2v) is 7.31. The van der Waals surface area contributed by atoms with Gasteiger partial charge in [-0.2, -0.15) is 0 Å². The van der Waals surface area contributed by atoms with E-state index < -0.39 is 6.04 Å². The molecule has 5 nitrogen and oxygen atoms in total. The first kappa shape index (κ1) is 29.4. The molecule has 0 aliphatic rings. The normalized spacial score (nSPS) is 10.6. The Hall–Kier alpha value is -2.60. The average molecular weight is 462 g/mol. The zero-order chi connectivity index (χ0) is 24.7. The van der Waals surface area contributed by atoms with Gasteiger partial charge in [-0.15, -0.1) is 0 Å². The molecule has 0 bridgehead atoms. The standard InChI is InChI=1S/C22H27NO4S.2C2H6/c1-4-27-22(26)19(13-16-5-8-18(24)9-6-16)23-20(28)10-7-17-11-14(2)21(25)15(3)12-17;2*1-2/h5-6,8-9,11-12,19,24-25H,4,7,10,13H2,1-3H3,(H,23,28);2*1-2H3. The summed E-state index contributed by atoms with van der Waals surface area (Å²) in [6, 6.07) is 10.0. The maximum absolute atomic E-state index is 12.3. The maximum Gasteiger partial charge on any atom is 0.328 e. The van der Waals surface area contributed by atoms with E-state index >= 15 is 0 Å². The Morgan fingerprint density at radius 1 is 1.00 bits per heavy atom. The van der Waals surface area contributed by atoms with Crippen molar-refractivity contribution in [2.45, 2.75) is 73.8 Å². The molecule has 2 aromatic carbocycles. The van der Waals surface area contributed by atoms with Crippen molar-refractivity contribution in [2.24, 2.45) is 0 Å². The second kappa shape index (κ2) is 16.1. The quantitative estimate of drug-likeness (QED) is 0.341. The van der Waals surface area contributed by atoms with Gasteiger partial charge in [0, 0.05) is 12.8 Å². The van der Waals surface area contributed by atoms with Crippen LogP contribution in [0.5, 0.6) is 11.5 Å². The molecule has 0 saturated carbocycles. The van der Waals surface area contributed by atoms with Gasteiger partial charge < -0.3 is 20.3 Å². The number of aromatic hydroxyl groups is 2. The molecule has 0 amide bonds. The van der Waals surface area contributed by atoms with Gasteiger partial charge in [0.25, 0.3) is 0 Å². The van der Waals surface area contributed by atoms with Gasteiger partial charge in [0.2, 0.25) is 0 Å². The first-order chi connectivity index (χ1) is 15.3. The first-order valence-corrected chi connectivity index (χ1v) is 11.7. The summed E-state index contributed by atoms with van der Waals surface area (Å²) in [4.78, 5) is 12.9. The average Bonchev–Trinajstić information content (AvgIpc) is 2.79. The van der Waals surface area contributed by atoms with Crippen LogP contribution in [-0.2, 0) is 22.4 Å². The van der Waals surface area contributed by atoms with E-state index in [1.807, 2.05) is 53.7 Å². The minimum atomic E-state index is -0.583. The van der Waals surface area contributed by atoms with Crippen molar-refractivity contribution in [3.63, 3.8) is 0 Å². The smallest absolute Gasteiger partial charge is 0.328 e. The number of rotatable bonds is 8. The lowest BCUT2D eigenvalue weighted by atomic mass is 10.0. The van der Waals surface area contributed by atoms with Crippen molar-refractivity contribution >= 4 is 23.2 Å². The number of esters is 1. The molecule has 0 radical (unpaired) electrons. The number of carbonyl (C=O) groups is 1. The van der Waals surface area contributed by atoms with E-state index in [4.69, 9.17) is 17.0 Å². The molecular formula is C26H39NO4S. The summed E-state index contributed by atoms with van der Waals surface area (Å²) in [5.74, 6) is 0.148. The van der Waals surface area contributed by atoms with Crippen LogP contribution in [0.4, 0.5) is 0 Å². The fourth-order valence-electron chi connectivity index (χ4n) is 3.02. The molecule has 2 rings (SSSR count). The molecule has 0 aromatic heterocycles. The SMILES string of the molecule is CC.CC.CCOC(=O)C(Cc1ccc(O)cc1)NC(=S)CCc1cc(C)c(O)c(C)c1. The number of hydrogen-bond acceptors (Lipinski definition) is 5. The van der Waals surface area contributed by atoms with Crippen molar-refractivity contribution in [1.29, 1.82) is 0 Å². The summed E-state index contributed by atoms with van der Waals surface area (Å²) in [5.41, 5.74) is 3.66. The number of ether oxygens (including phenoxy) is 1. The van der Waals surface area contributed by atoms with Gasteiger partial charge in [-0.25, -0.2) is 4.79 Å². The molecule has 1 atom stereocenters. The molecule has 0 saturated heterocycles. The Morgan fingerprint density at radius 2 is 1.53 bits per heavy atom. The molecule has 3 N–H and O–H groups in total. The highest BCUT2D eigenvalue weighted by atomic mass is 32.1. The topological polar surface area (TPSA) is 78.8 Å². The number of aryl methyl sites for hydroxylation is 3. The number of phenols is 2. The van der Waals surface area contributed by atoms with Gasteiger partial charge >= 0.3 is 5.97 Å². The highest BCUT2D eigenvalue weighted by Crippen LogP contribution is 2.23. The monoisotopic (exact) mass is 461 g/mol. The molecule has 0 aliphatic heterocycles. The molecule has 2 aromatic rings.